The zero-order valence-corrected chi connectivity index (χ0v) is 16.8. The molecule has 138 valence electrons. The molecule has 2 heterocycles. The summed E-state index contributed by atoms with van der Waals surface area (Å²) in [4.78, 5) is 14.2. The van der Waals surface area contributed by atoms with Gasteiger partial charge >= 0.3 is 0 Å². The lowest BCUT2D eigenvalue weighted by Gasteiger charge is -2.16. The number of para-hydroxylation sites is 1. The summed E-state index contributed by atoms with van der Waals surface area (Å²) < 4.78 is 0. The van der Waals surface area contributed by atoms with Gasteiger partial charge in [0.1, 0.15) is 0 Å². The molecule has 0 aliphatic carbocycles. The molecule has 0 aliphatic heterocycles. The predicted molar refractivity (Wildman–Crippen MR) is 114 cm³/mol. The predicted octanol–water partition coefficient (Wildman–Crippen LogP) is 6.45. The molecule has 0 amide bonds. The van der Waals surface area contributed by atoms with E-state index >= 15 is 0 Å². The van der Waals surface area contributed by atoms with Crippen molar-refractivity contribution in [3.8, 4) is 11.4 Å². The maximum Gasteiger partial charge on any atom is 0.0894 e. The highest BCUT2D eigenvalue weighted by molar-refractivity contribution is 5.81. The molecule has 0 bridgehead atoms. The molecule has 1 aromatic carbocycles. The van der Waals surface area contributed by atoms with Crippen molar-refractivity contribution in [3.63, 3.8) is 0 Å². The first-order chi connectivity index (χ1) is 13.0. The van der Waals surface area contributed by atoms with Crippen LogP contribution in [0, 0.1) is 6.92 Å². The third-order valence-electron chi connectivity index (χ3n) is 4.59. The fourth-order valence-corrected chi connectivity index (χ4v) is 3.14. The summed E-state index contributed by atoms with van der Waals surface area (Å²) in [6.45, 7) is 10.8. The minimum atomic E-state index is 0.423. The third kappa shape index (κ3) is 4.48. The first-order valence-corrected chi connectivity index (χ1v) is 9.53. The van der Waals surface area contributed by atoms with E-state index in [1.54, 1.807) is 0 Å². The van der Waals surface area contributed by atoms with Gasteiger partial charge in [-0.1, -0.05) is 58.0 Å². The van der Waals surface area contributed by atoms with Crippen LogP contribution < -0.4 is 0 Å². The molecule has 27 heavy (non-hydrogen) atoms. The number of benzene rings is 1. The Hall–Kier alpha value is -2.81. The van der Waals surface area contributed by atoms with E-state index in [9.17, 15) is 0 Å². The molecule has 3 heteroatoms. The Labute approximate surface area is 162 Å². The van der Waals surface area contributed by atoms with E-state index in [-0.39, 0.29) is 0 Å². The molecule has 0 saturated heterocycles. The van der Waals surface area contributed by atoms with Crippen LogP contribution in [0.3, 0.4) is 0 Å². The van der Waals surface area contributed by atoms with Crippen LogP contribution in [-0.4, -0.2) is 16.2 Å². The quantitative estimate of drug-likeness (QED) is 0.492. The van der Waals surface area contributed by atoms with Crippen LogP contribution in [0.5, 0.6) is 0 Å². The second-order valence-electron chi connectivity index (χ2n) is 7.46. The molecule has 0 spiro atoms. The molecule has 0 saturated carbocycles. The number of hydrogen-bond acceptors (Lipinski definition) is 3. The molecule has 2 aromatic heterocycles. The lowest BCUT2D eigenvalue weighted by molar-refractivity contribution is 0.835. The Balaban J connectivity index is 1.99. The zero-order valence-electron chi connectivity index (χ0n) is 16.8. The molecular formula is C24H27N3. The minimum Gasteiger partial charge on any atom is -0.254 e. The highest BCUT2D eigenvalue weighted by atomic mass is 14.8. The van der Waals surface area contributed by atoms with Gasteiger partial charge in [0.15, 0.2) is 0 Å². The van der Waals surface area contributed by atoms with Gasteiger partial charge in [-0.2, -0.15) is 0 Å². The Morgan fingerprint density at radius 1 is 0.741 bits per heavy atom. The standard InChI is InChI=1S/C24H27N3/c1-16(2)20-11-8-12-21(17(3)4)24(20)25-15-19-10-7-14-23(27-19)22-13-6-9-18(5)26-22/h6-17H,1-5H3. The number of aliphatic imine (C=N–C) groups is 1. The van der Waals surface area contributed by atoms with Crippen LogP contribution in [-0.2, 0) is 0 Å². The number of aryl methyl sites for hydroxylation is 1. The molecule has 0 unspecified atom stereocenters. The molecule has 3 nitrogen and oxygen atoms in total. The SMILES string of the molecule is Cc1cccc(-c2cccc(C=Nc3c(C(C)C)cccc3C(C)C)n2)n1. The van der Waals surface area contributed by atoms with Crippen LogP contribution in [0.25, 0.3) is 11.4 Å². The van der Waals surface area contributed by atoms with Crippen molar-refractivity contribution in [1.29, 1.82) is 0 Å². The van der Waals surface area contributed by atoms with Gasteiger partial charge in [-0.25, -0.2) is 4.98 Å². The third-order valence-corrected chi connectivity index (χ3v) is 4.59. The van der Waals surface area contributed by atoms with E-state index in [0.29, 0.717) is 11.8 Å². The second kappa shape index (κ2) is 8.26. The van der Waals surface area contributed by atoms with Crippen molar-refractivity contribution < 1.29 is 0 Å². The van der Waals surface area contributed by atoms with Crippen LogP contribution in [0.4, 0.5) is 5.69 Å². The number of rotatable bonds is 5. The number of nitrogens with zero attached hydrogens (tertiary/aromatic N) is 3. The maximum atomic E-state index is 4.86. The second-order valence-corrected chi connectivity index (χ2v) is 7.46. The Morgan fingerprint density at radius 3 is 1.89 bits per heavy atom. The molecule has 0 atom stereocenters. The van der Waals surface area contributed by atoms with Crippen molar-refractivity contribution >= 4 is 11.9 Å². The van der Waals surface area contributed by atoms with Gasteiger partial charge in [0.2, 0.25) is 0 Å². The normalized spacial score (nSPS) is 11.7. The summed E-state index contributed by atoms with van der Waals surface area (Å²) >= 11 is 0. The summed E-state index contributed by atoms with van der Waals surface area (Å²) in [7, 11) is 0. The molecule has 0 fully saturated rings. The van der Waals surface area contributed by atoms with Crippen LogP contribution in [0.2, 0.25) is 0 Å². The molecular weight excluding hydrogens is 330 g/mol. The van der Waals surface area contributed by atoms with E-state index in [2.05, 4.69) is 50.9 Å². The molecule has 3 rings (SSSR count). The Morgan fingerprint density at radius 2 is 1.30 bits per heavy atom. The summed E-state index contributed by atoms with van der Waals surface area (Å²) in [6, 6.07) is 18.4. The summed E-state index contributed by atoms with van der Waals surface area (Å²) in [5, 5.41) is 0. The van der Waals surface area contributed by atoms with Gasteiger partial charge in [-0.15, -0.1) is 0 Å². The first-order valence-electron chi connectivity index (χ1n) is 9.53. The Bertz CT molecular complexity index is 929. The van der Waals surface area contributed by atoms with Crippen LogP contribution in [0.1, 0.15) is 62.0 Å². The number of aromatic nitrogens is 2. The summed E-state index contributed by atoms with van der Waals surface area (Å²) in [5.74, 6) is 0.846. The van der Waals surface area contributed by atoms with Crippen molar-refractivity contribution in [3.05, 3.63) is 77.1 Å². The van der Waals surface area contributed by atoms with Gasteiger partial charge in [0.25, 0.3) is 0 Å². The molecule has 0 aliphatic rings. The van der Waals surface area contributed by atoms with Gasteiger partial charge in [-0.3, -0.25) is 9.98 Å². The lowest BCUT2D eigenvalue weighted by atomic mass is 9.93. The van der Waals surface area contributed by atoms with E-state index in [4.69, 9.17) is 9.98 Å². The van der Waals surface area contributed by atoms with Crippen LogP contribution in [0.15, 0.2) is 59.6 Å². The van der Waals surface area contributed by atoms with Gasteiger partial charge in [-0.05, 0) is 54.2 Å². The van der Waals surface area contributed by atoms with Gasteiger partial charge in [0.05, 0.1) is 29.0 Å². The van der Waals surface area contributed by atoms with Crippen LogP contribution >= 0.6 is 0 Å². The average Bonchev–Trinajstić information content (AvgIpc) is 2.66. The topological polar surface area (TPSA) is 38.1 Å². The highest BCUT2D eigenvalue weighted by Gasteiger charge is 2.12. The molecule has 0 N–H and O–H groups in total. The largest absolute Gasteiger partial charge is 0.254 e. The van der Waals surface area contributed by atoms with Crippen molar-refractivity contribution in [2.75, 3.05) is 0 Å². The Kier molecular flexibility index (Phi) is 5.80. The molecule has 3 aromatic rings. The fraction of sp³-hybridized carbons (Fsp3) is 0.292. The van der Waals surface area contributed by atoms with E-state index in [1.165, 1.54) is 11.1 Å². The molecule has 0 radical (unpaired) electrons. The van der Waals surface area contributed by atoms with Crippen molar-refractivity contribution in [2.24, 2.45) is 4.99 Å². The fourth-order valence-electron chi connectivity index (χ4n) is 3.14. The monoisotopic (exact) mass is 357 g/mol. The van der Waals surface area contributed by atoms with Crippen molar-refractivity contribution in [2.45, 2.75) is 46.5 Å². The summed E-state index contributed by atoms with van der Waals surface area (Å²) in [6.07, 6.45) is 1.87. The highest BCUT2D eigenvalue weighted by Crippen LogP contribution is 2.34. The van der Waals surface area contributed by atoms with Crippen molar-refractivity contribution in [1.82, 2.24) is 9.97 Å². The van der Waals surface area contributed by atoms with Gasteiger partial charge in [0, 0.05) is 5.69 Å². The minimum absolute atomic E-state index is 0.423. The first kappa shape index (κ1) is 19.0. The van der Waals surface area contributed by atoms with Gasteiger partial charge < -0.3 is 0 Å². The average molecular weight is 358 g/mol. The number of pyridine rings is 2. The lowest BCUT2D eigenvalue weighted by Crippen LogP contribution is -1.97. The summed E-state index contributed by atoms with van der Waals surface area (Å²) in [5.41, 5.74) is 7.19. The smallest absolute Gasteiger partial charge is 0.0894 e. The van der Waals surface area contributed by atoms with E-state index < -0.39 is 0 Å². The van der Waals surface area contributed by atoms with E-state index in [1.807, 2.05) is 49.5 Å². The zero-order chi connectivity index (χ0) is 19.4. The number of hydrogen-bond donors (Lipinski definition) is 0. The maximum absolute atomic E-state index is 4.86. The van der Waals surface area contributed by atoms with E-state index in [0.717, 1.165) is 28.5 Å².